The average Bonchev–Trinajstić information content (AvgIpc) is 2.35. The van der Waals surface area contributed by atoms with Crippen LogP contribution in [0.25, 0.3) is 0 Å². The lowest BCUT2D eigenvalue weighted by Gasteiger charge is -2.01. The predicted molar refractivity (Wildman–Crippen MR) is 83.7 cm³/mol. The van der Waals surface area contributed by atoms with E-state index < -0.39 is 0 Å². The summed E-state index contributed by atoms with van der Waals surface area (Å²) in [5.74, 6) is 0. The number of allylic oxidation sites excluding steroid dienone is 3. The first-order valence-corrected chi connectivity index (χ1v) is 8.25. The lowest BCUT2D eigenvalue weighted by atomic mass is 10.1. The van der Waals surface area contributed by atoms with Crippen LogP contribution in [0.1, 0.15) is 77.6 Å². The van der Waals surface area contributed by atoms with E-state index in [2.05, 4.69) is 35.0 Å². The van der Waals surface area contributed by atoms with Crippen LogP contribution in [0.15, 0.2) is 23.2 Å². The van der Waals surface area contributed by atoms with Gasteiger partial charge in [0.1, 0.15) is 0 Å². The molecule has 0 unspecified atom stereocenters. The first kappa shape index (κ1) is 17.0. The van der Waals surface area contributed by atoms with Crippen LogP contribution in [0.5, 0.6) is 0 Å². The molecule has 0 aromatic heterocycles. The zero-order chi connectivity index (χ0) is 12.6. The zero-order valence-electron chi connectivity index (χ0n) is 11.5. The summed E-state index contributed by atoms with van der Waals surface area (Å²) in [4.78, 5) is 1.89. The normalized spacial score (nSPS) is 11.9. The maximum atomic E-state index is 3.25. The molecule has 0 aliphatic heterocycles. The molecule has 0 saturated carbocycles. The van der Waals surface area contributed by atoms with Gasteiger partial charge in [-0.3, -0.25) is 0 Å². The van der Waals surface area contributed by atoms with Gasteiger partial charge in [-0.1, -0.05) is 98.9 Å². The van der Waals surface area contributed by atoms with Crippen molar-refractivity contribution in [3.05, 3.63) is 23.2 Å². The SMILES string of the molecule is CCCCCCCCCCCC/C=C\C=C/Br. The Kier molecular flexibility index (Phi) is 15.9. The molecule has 0 rings (SSSR count). The standard InChI is InChI=1S/C16H29Br/c1-2-3-4-5-6-7-8-9-10-11-12-13-14-15-16-17/h13-16H,2-12H2,1H3/b14-13-,16-15-. The molecule has 0 N–H and O–H groups in total. The van der Waals surface area contributed by atoms with E-state index in [1.165, 1.54) is 70.6 Å². The van der Waals surface area contributed by atoms with Crippen molar-refractivity contribution in [2.45, 2.75) is 77.6 Å². The molecule has 0 saturated heterocycles. The average molecular weight is 301 g/mol. The Balaban J connectivity index is 2.98. The Bertz CT molecular complexity index is 182. The summed E-state index contributed by atoms with van der Waals surface area (Å²) in [6.07, 6.45) is 21.8. The van der Waals surface area contributed by atoms with Gasteiger partial charge in [-0.2, -0.15) is 0 Å². The quantitative estimate of drug-likeness (QED) is 0.276. The van der Waals surface area contributed by atoms with Crippen LogP contribution in [0, 0.1) is 0 Å². The molecule has 0 radical (unpaired) electrons. The molecule has 0 spiro atoms. The predicted octanol–water partition coefficient (Wildman–Crippen LogP) is 6.76. The van der Waals surface area contributed by atoms with Crippen molar-refractivity contribution >= 4 is 15.9 Å². The van der Waals surface area contributed by atoms with Gasteiger partial charge in [0.25, 0.3) is 0 Å². The van der Waals surface area contributed by atoms with Crippen LogP contribution in [0.4, 0.5) is 0 Å². The van der Waals surface area contributed by atoms with Crippen molar-refractivity contribution in [1.82, 2.24) is 0 Å². The molecule has 0 heterocycles. The van der Waals surface area contributed by atoms with Crippen LogP contribution < -0.4 is 0 Å². The number of halogens is 1. The highest BCUT2D eigenvalue weighted by Crippen LogP contribution is 2.11. The Hall–Kier alpha value is -0.0400. The summed E-state index contributed by atoms with van der Waals surface area (Å²) in [7, 11) is 0. The number of unbranched alkanes of at least 4 members (excludes halogenated alkanes) is 10. The van der Waals surface area contributed by atoms with Gasteiger partial charge in [-0.15, -0.1) is 0 Å². The largest absolute Gasteiger partial charge is 0.0845 e. The summed E-state index contributed by atoms with van der Waals surface area (Å²) >= 11 is 3.25. The molecule has 0 atom stereocenters. The molecule has 0 nitrogen and oxygen atoms in total. The second kappa shape index (κ2) is 16.0. The summed E-state index contributed by atoms with van der Waals surface area (Å²) < 4.78 is 0. The van der Waals surface area contributed by atoms with Crippen molar-refractivity contribution in [3.63, 3.8) is 0 Å². The van der Waals surface area contributed by atoms with Crippen molar-refractivity contribution in [3.8, 4) is 0 Å². The van der Waals surface area contributed by atoms with Crippen molar-refractivity contribution in [1.29, 1.82) is 0 Å². The van der Waals surface area contributed by atoms with Gasteiger partial charge in [0.2, 0.25) is 0 Å². The minimum absolute atomic E-state index is 1.23. The Morgan fingerprint density at radius 2 is 1.24 bits per heavy atom. The van der Waals surface area contributed by atoms with Crippen molar-refractivity contribution < 1.29 is 0 Å². The third-order valence-electron chi connectivity index (χ3n) is 3.04. The van der Waals surface area contributed by atoms with E-state index in [0.29, 0.717) is 0 Å². The van der Waals surface area contributed by atoms with Gasteiger partial charge < -0.3 is 0 Å². The first-order chi connectivity index (χ1) is 8.41. The molecule has 0 aliphatic carbocycles. The monoisotopic (exact) mass is 300 g/mol. The Morgan fingerprint density at radius 3 is 1.76 bits per heavy atom. The van der Waals surface area contributed by atoms with Crippen LogP contribution in [-0.4, -0.2) is 0 Å². The molecule has 100 valence electrons. The van der Waals surface area contributed by atoms with E-state index in [-0.39, 0.29) is 0 Å². The van der Waals surface area contributed by atoms with Gasteiger partial charge in [-0.05, 0) is 17.8 Å². The Labute approximate surface area is 117 Å². The highest BCUT2D eigenvalue weighted by atomic mass is 79.9. The topological polar surface area (TPSA) is 0 Å². The molecular weight excluding hydrogens is 272 g/mol. The summed E-state index contributed by atoms with van der Waals surface area (Å²) in [6, 6.07) is 0. The highest BCUT2D eigenvalue weighted by molar-refractivity contribution is 9.11. The molecule has 0 aromatic carbocycles. The van der Waals surface area contributed by atoms with Crippen LogP contribution in [0.3, 0.4) is 0 Å². The van der Waals surface area contributed by atoms with Crippen LogP contribution >= 0.6 is 15.9 Å². The number of hydrogen-bond donors (Lipinski definition) is 0. The lowest BCUT2D eigenvalue weighted by molar-refractivity contribution is 0.557. The molecule has 0 aromatic rings. The number of rotatable bonds is 12. The zero-order valence-corrected chi connectivity index (χ0v) is 13.1. The van der Waals surface area contributed by atoms with Gasteiger partial charge in [0.05, 0.1) is 0 Å². The van der Waals surface area contributed by atoms with Gasteiger partial charge in [-0.25, -0.2) is 0 Å². The van der Waals surface area contributed by atoms with Gasteiger partial charge in [0.15, 0.2) is 0 Å². The smallest absolute Gasteiger partial charge is 0.0189 e. The molecule has 1 heteroatoms. The fraction of sp³-hybridized carbons (Fsp3) is 0.750. The molecule has 17 heavy (non-hydrogen) atoms. The summed E-state index contributed by atoms with van der Waals surface area (Å²) in [5.41, 5.74) is 0. The first-order valence-electron chi connectivity index (χ1n) is 7.33. The van der Waals surface area contributed by atoms with Crippen molar-refractivity contribution in [2.75, 3.05) is 0 Å². The van der Waals surface area contributed by atoms with Gasteiger partial charge >= 0.3 is 0 Å². The van der Waals surface area contributed by atoms with E-state index in [1.54, 1.807) is 0 Å². The van der Waals surface area contributed by atoms with E-state index in [4.69, 9.17) is 0 Å². The summed E-state index contributed by atoms with van der Waals surface area (Å²) in [5, 5.41) is 0. The molecule has 0 bridgehead atoms. The fourth-order valence-electron chi connectivity index (χ4n) is 1.97. The van der Waals surface area contributed by atoms with Crippen LogP contribution in [-0.2, 0) is 0 Å². The second-order valence-electron chi connectivity index (χ2n) is 4.72. The van der Waals surface area contributed by atoms with Crippen molar-refractivity contribution in [2.24, 2.45) is 0 Å². The van der Waals surface area contributed by atoms with Gasteiger partial charge in [0, 0.05) is 0 Å². The third kappa shape index (κ3) is 16.0. The van der Waals surface area contributed by atoms with E-state index in [9.17, 15) is 0 Å². The van der Waals surface area contributed by atoms with Crippen LogP contribution in [0.2, 0.25) is 0 Å². The van der Waals surface area contributed by atoms with E-state index in [0.717, 1.165) is 0 Å². The summed E-state index contributed by atoms with van der Waals surface area (Å²) in [6.45, 7) is 2.28. The minimum Gasteiger partial charge on any atom is -0.0845 e. The molecular formula is C16H29Br. The molecule has 0 fully saturated rings. The number of hydrogen-bond acceptors (Lipinski definition) is 0. The maximum Gasteiger partial charge on any atom is -0.0189 e. The lowest BCUT2D eigenvalue weighted by Crippen LogP contribution is -1.81. The minimum atomic E-state index is 1.23. The molecule has 0 aliphatic rings. The Morgan fingerprint density at radius 1 is 0.706 bits per heavy atom. The molecule has 0 amide bonds. The fourth-order valence-corrected chi connectivity index (χ4v) is 2.14. The third-order valence-corrected chi connectivity index (χ3v) is 3.35. The highest BCUT2D eigenvalue weighted by Gasteiger charge is 1.91. The maximum absolute atomic E-state index is 3.25. The second-order valence-corrected chi connectivity index (χ2v) is 5.25. The van der Waals surface area contributed by atoms with E-state index in [1.807, 2.05) is 11.1 Å². The van der Waals surface area contributed by atoms with E-state index >= 15 is 0 Å².